The molecule has 0 heterocycles. The molecule has 1 aliphatic carbocycles. The molecule has 0 saturated heterocycles. The number of nitrogens with one attached hydrogen (secondary N) is 1. The van der Waals surface area contributed by atoms with Crippen molar-refractivity contribution < 1.29 is 45.4 Å². The van der Waals surface area contributed by atoms with Gasteiger partial charge in [0.05, 0.1) is 0 Å². The van der Waals surface area contributed by atoms with Gasteiger partial charge in [-0.2, -0.15) is 0 Å². The van der Waals surface area contributed by atoms with Crippen LogP contribution in [0.5, 0.6) is 0 Å². The van der Waals surface area contributed by atoms with Gasteiger partial charge in [0, 0.05) is 0 Å². The van der Waals surface area contributed by atoms with Crippen LogP contribution in [0.1, 0.15) is 9.27 Å². The standard InChI is InChI=1S/C8H13NOSi.2Li.2H/c1-11(2,9-7-10)8-5-3-4-6-8;;;;/h3-5,7H,6H2,1-2H3,(H,9,10);;;;/q;2*+1;2*-1. The first kappa shape index (κ1) is 15.8. The molecule has 0 bridgehead atoms. The van der Waals surface area contributed by atoms with Crippen molar-refractivity contribution in [3.8, 4) is 0 Å². The normalized spacial score (nSPS) is 13.8. The molecule has 0 fully saturated rings. The molecule has 0 aromatic heterocycles. The Balaban J connectivity index is -0.000000151. The number of allylic oxidation sites excluding steroid dienone is 4. The molecular formula is C8H15Li2NOSi. The maximum Gasteiger partial charge on any atom is 1.00 e. The van der Waals surface area contributed by atoms with Gasteiger partial charge in [0.15, 0.2) is 14.6 Å². The van der Waals surface area contributed by atoms with Crippen LogP contribution >= 0.6 is 0 Å². The van der Waals surface area contributed by atoms with Crippen LogP contribution in [0.25, 0.3) is 0 Å². The van der Waals surface area contributed by atoms with Gasteiger partial charge >= 0.3 is 37.7 Å². The molecule has 0 atom stereocenters. The second-order valence-corrected chi connectivity index (χ2v) is 7.39. The summed E-state index contributed by atoms with van der Waals surface area (Å²) in [6.45, 7) is 4.28. The Kier molecular flexibility index (Phi) is 8.23. The summed E-state index contributed by atoms with van der Waals surface area (Å²) < 4.78 is 0. The molecule has 0 aromatic carbocycles. The molecule has 2 nitrogen and oxygen atoms in total. The third kappa shape index (κ3) is 4.40. The second-order valence-electron chi connectivity index (χ2n) is 3.21. The summed E-state index contributed by atoms with van der Waals surface area (Å²) in [5.74, 6) is 0. The van der Waals surface area contributed by atoms with Crippen LogP contribution in [0.2, 0.25) is 13.1 Å². The average Bonchev–Trinajstić information content (AvgIpc) is 2.37. The van der Waals surface area contributed by atoms with E-state index < -0.39 is 8.24 Å². The molecule has 1 aliphatic rings. The van der Waals surface area contributed by atoms with E-state index in [1.54, 1.807) is 0 Å². The smallest absolute Gasteiger partial charge is 1.00 e. The van der Waals surface area contributed by atoms with Gasteiger partial charge in [0.25, 0.3) is 0 Å². The first-order chi connectivity index (χ1) is 5.17. The van der Waals surface area contributed by atoms with Crippen molar-refractivity contribution in [3.05, 3.63) is 23.4 Å². The summed E-state index contributed by atoms with van der Waals surface area (Å²) in [6, 6.07) is 0. The Morgan fingerprint density at radius 1 is 1.54 bits per heavy atom. The van der Waals surface area contributed by atoms with E-state index in [4.69, 9.17) is 0 Å². The van der Waals surface area contributed by atoms with Crippen LogP contribution in [0, 0.1) is 0 Å². The van der Waals surface area contributed by atoms with Crippen molar-refractivity contribution in [2.45, 2.75) is 19.5 Å². The molecule has 0 saturated carbocycles. The van der Waals surface area contributed by atoms with Gasteiger partial charge in [0.2, 0.25) is 0 Å². The number of carbonyl (C=O) groups is 1. The fourth-order valence-electron chi connectivity index (χ4n) is 1.15. The number of carbonyl (C=O) groups excluding carboxylic acids is 1. The summed E-state index contributed by atoms with van der Waals surface area (Å²) in [4.78, 5) is 13.2. The van der Waals surface area contributed by atoms with E-state index in [-0.39, 0.29) is 40.6 Å². The predicted octanol–water partition coefficient (Wildman–Crippen LogP) is -4.40. The minimum Gasteiger partial charge on any atom is -1.00 e. The molecule has 1 amide bonds. The number of amides is 1. The third-order valence-electron chi connectivity index (χ3n) is 1.99. The Hall–Kier alpha value is 0.362. The van der Waals surface area contributed by atoms with E-state index in [0.29, 0.717) is 0 Å². The van der Waals surface area contributed by atoms with Crippen molar-refractivity contribution in [1.29, 1.82) is 0 Å². The molecule has 1 rings (SSSR count). The summed E-state index contributed by atoms with van der Waals surface area (Å²) in [7, 11) is -1.59. The Bertz CT molecular complexity index is 235. The zero-order valence-electron chi connectivity index (χ0n) is 10.9. The van der Waals surface area contributed by atoms with E-state index in [0.717, 1.165) is 12.8 Å². The van der Waals surface area contributed by atoms with Crippen molar-refractivity contribution in [3.63, 3.8) is 0 Å². The van der Waals surface area contributed by atoms with Gasteiger partial charge in [-0.05, 0) is 19.5 Å². The first-order valence-electron chi connectivity index (χ1n) is 3.74. The van der Waals surface area contributed by atoms with Gasteiger partial charge < -0.3 is 7.84 Å². The van der Waals surface area contributed by atoms with Crippen LogP contribution in [0.15, 0.2) is 23.4 Å². The molecule has 5 heteroatoms. The van der Waals surface area contributed by atoms with E-state index >= 15 is 0 Å². The number of hydrogen-bond donors (Lipinski definition) is 1. The van der Waals surface area contributed by atoms with Crippen LogP contribution in [0.3, 0.4) is 0 Å². The largest absolute Gasteiger partial charge is 1.00 e. The average molecular weight is 183 g/mol. The molecule has 64 valence electrons. The Morgan fingerprint density at radius 3 is 2.54 bits per heavy atom. The minimum absolute atomic E-state index is 0. The van der Waals surface area contributed by atoms with Gasteiger partial charge in [-0.1, -0.05) is 23.4 Å². The van der Waals surface area contributed by atoms with E-state index in [1.807, 2.05) is 0 Å². The van der Waals surface area contributed by atoms with Crippen molar-refractivity contribution in [2.24, 2.45) is 0 Å². The third-order valence-corrected chi connectivity index (χ3v) is 4.81. The zero-order chi connectivity index (χ0) is 8.32. The Morgan fingerprint density at radius 2 is 2.15 bits per heavy atom. The monoisotopic (exact) mass is 183 g/mol. The molecular weight excluding hydrogens is 168 g/mol. The van der Waals surface area contributed by atoms with E-state index in [2.05, 4.69) is 36.3 Å². The summed E-state index contributed by atoms with van der Waals surface area (Å²) in [6.07, 6.45) is 8.11. The molecule has 1 N–H and O–H groups in total. The fourth-order valence-corrected chi connectivity index (χ4v) is 2.77. The van der Waals surface area contributed by atoms with Crippen LogP contribution in [-0.2, 0) is 4.79 Å². The van der Waals surface area contributed by atoms with Crippen molar-refractivity contribution in [2.75, 3.05) is 0 Å². The topological polar surface area (TPSA) is 29.1 Å². The number of rotatable bonds is 3. The minimum atomic E-state index is -1.59. The number of hydrogen-bond acceptors (Lipinski definition) is 1. The van der Waals surface area contributed by atoms with Gasteiger partial charge in [0.1, 0.15) is 0 Å². The molecule has 0 aliphatic heterocycles. The van der Waals surface area contributed by atoms with Gasteiger partial charge in [-0.15, -0.1) is 0 Å². The van der Waals surface area contributed by atoms with Crippen molar-refractivity contribution >= 4 is 14.6 Å². The molecule has 0 radical (unpaired) electrons. The second kappa shape index (κ2) is 6.76. The van der Waals surface area contributed by atoms with Crippen molar-refractivity contribution in [1.82, 2.24) is 4.98 Å². The SMILES string of the molecule is C[Si](C)(NC=O)C1=CC=CC1.[H-].[H-].[Li+].[Li+]. The van der Waals surface area contributed by atoms with E-state index in [1.165, 1.54) is 5.20 Å². The van der Waals surface area contributed by atoms with Crippen LogP contribution in [-0.4, -0.2) is 14.6 Å². The van der Waals surface area contributed by atoms with Crippen LogP contribution < -0.4 is 42.7 Å². The molecule has 0 spiro atoms. The molecule has 0 aromatic rings. The quantitative estimate of drug-likeness (QED) is 0.347. The molecule has 0 unspecified atom stereocenters. The summed E-state index contributed by atoms with van der Waals surface area (Å²) in [5.41, 5.74) is 0. The van der Waals surface area contributed by atoms with Gasteiger partial charge in [-0.25, -0.2) is 0 Å². The molecule has 13 heavy (non-hydrogen) atoms. The summed E-state index contributed by atoms with van der Waals surface area (Å²) >= 11 is 0. The first-order valence-corrected chi connectivity index (χ1v) is 6.74. The fraction of sp³-hybridized carbons (Fsp3) is 0.375. The van der Waals surface area contributed by atoms with Crippen LogP contribution in [0.4, 0.5) is 0 Å². The maximum atomic E-state index is 10.3. The summed E-state index contributed by atoms with van der Waals surface area (Å²) in [5, 5.41) is 1.39. The predicted molar refractivity (Wildman–Crippen MR) is 50.7 cm³/mol. The maximum absolute atomic E-state index is 10.3. The van der Waals surface area contributed by atoms with E-state index in [9.17, 15) is 4.79 Å². The Labute approximate surface area is 108 Å². The van der Waals surface area contributed by atoms with Gasteiger partial charge in [-0.3, -0.25) is 4.79 Å². The zero-order valence-corrected chi connectivity index (χ0v) is 9.92.